The molecule has 0 aliphatic heterocycles. The number of aliphatic hydroxyl groups is 1. The molecular formula is C15H18ClN3O2. The lowest BCUT2D eigenvalue weighted by Crippen LogP contribution is -2.31. The van der Waals surface area contributed by atoms with Crippen LogP contribution in [0.4, 0.5) is 0 Å². The summed E-state index contributed by atoms with van der Waals surface area (Å²) in [6.07, 6.45) is 4.12. The first-order chi connectivity index (χ1) is 10.1. The molecule has 1 aromatic carbocycles. The van der Waals surface area contributed by atoms with Crippen LogP contribution in [0.3, 0.4) is 0 Å². The van der Waals surface area contributed by atoms with Crippen molar-refractivity contribution in [3.05, 3.63) is 47.2 Å². The van der Waals surface area contributed by atoms with Gasteiger partial charge in [-0.3, -0.25) is 4.79 Å². The predicted molar refractivity (Wildman–Crippen MR) is 81.8 cm³/mol. The molecule has 0 fully saturated rings. The number of amides is 1. The van der Waals surface area contributed by atoms with E-state index < -0.39 is 6.10 Å². The van der Waals surface area contributed by atoms with E-state index in [1.807, 2.05) is 25.1 Å². The van der Waals surface area contributed by atoms with Crippen LogP contribution in [0, 0.1) is 0 Å². The van der Waals surface area contributed by atoms with Crippen molar-refractivity contribution < 1.29 is 9.90 Å². The van der Waals surface area contributed by atoms with Gasteiger partial charge in [-0.15, -0.1) is 0 Å². The molecule has 1 unspecified atom stereocenters. The van der Waals surface area contributed by atoms with Gasteiger partial charge in [0.2, 0.25) is 0 Å². The van der Waals surface area contributed by atoms with Gasteiger partial charge >= 0.3 is 0 Å². The zero-order valence-electron chi connectivity index (χ0n) is 11.8. The molecule has 1 aromatic heterocycles. The minimum Gasteiger partial charge on any atom is -0.391 e. The number of para-hydroxylation sites is 1. The standard InChI is InChI=1S/C15H18ClN3O2/c1-2-5-12(20)9-17-15(21)11-8-18-19(10-11)14-7-4-3-6-13(14)16/h3-4,6-8,10,12,20H,2,5,9H2,1H3,(H,17,21). The lowest BCUT2D eigenvalue weighted by atomic mass is 10.2. The number of aliphatic hydroxyl groups excluding tert-OH is 1. The molecular weight excluding hydrogens is 290 g/mol. The van der Waals surface area contributed by atoms with Crippen LogP contribution in [-0.4, -0.2) is 33.4 Å². The molecule has 0 saturated carbocycles. The van der Waals surface area contributed by atoms with Gasteiger partial charge < -0.3 is 10.4 Å². The summed E-state index contributed by atoms with van der Waals surface area (Å²) in [5, 5.41) is 17.0. The molecule has 0 aliphatic carbocycles. The number of rotatable bonds is 6. The van der Waals surface area contributed by atoms with Crippen LogP contribution in [0.1, 0.15) is 30.1 Å². The van der Waals surface area contributed by atoms with Crippen molar-refractivity contribution in [3.8, 4) is 5.69 Å². The maximum Gasteiger partial charge on any atom is 0.254 e. The first-order valence-electron chi connectivity index (χ1n) is 6.87. The average Bonchev–Trinajstić information content (AvgIpc) is 2.95. The van der Waals surface area contributed by atoms with Gasteiger partial charge in [-0.2, -0.15) is 5.10 Å². The smallest absolute Gasteiger partial charge is 0.254 e. The summed E-state index contributed by atoms with van der Waals surface area (Å²) in [6, 6.07) is 7.27. The Morgan fingerprint density at radius 2 is 2.24 bits per heavy atom. The molecule has 1 heterocycles. The van der Waals surface area contributed by atoms with Crippen molar-refractivity contribution in [2.24, 2.45) is 0 Å². The van der Waals surface area contributed by atoms with Crippen molar-refractivity contribution in [1.82, 2.24) is 15.1 Å². The van der Waals surface area contributed by atoms with Gasteiger partial charge in [0.1, 0.15) is 0 Å². The van der Waals surface area contributed by atoms with Crippen LogP contribution in [0.2, 0.25) is 5.02 Å². The summed E-state index contributed by atoms with van der Waals surface area (Å²) in [6.45, 7) is 2.22. The maximum absolute atomic E-state index is 12.0. The highest BCUT2D eigenvalue weighted by Gasteiger charge is 2.12. The monoisotopic (exact) mass is 307 g/mol. The Morgan fingerprint density at radius 3 is 2.95 bits per heavy atom. The molecule has 0 saturated heterocycles. The van der Waals surface area contributed by atoms with Crippen molar-refractivity contribution in [2.45, 2.75) is 25.9 Å². The molecule has 6 heteroatoms. The average molecular weight is 308 g/mol. The van der Waals surface area contributed by atoms with Crippen LogP contribution in [0.25, 0.3) is 5.69 Å². The highest BCUT2D eigenvalue weighted by molar-refractivity contribution is 6.32. The SMILES string of the molecule is CCCC(O)CNC(=O)c1cnn(-c2ccccc2Cl)c1. The minimum atomic E-state index is -0.516. The number of carbonyl (C=O) groups is 1. The van der Waals surface area contributed by atoms with E-state index in [-0.39, 0.29) is 12.5 Å². The zero-order valence-corrected chi connectivity index (χ0v) is 12.5. The van der Waals surface area contributed by atoms with E-state index in [1.165, 1.54) is 6.20 Å². The van der Waals surface area contributed by atoms with Gasteiger partial charge in [-0.25, -0.2) is 4.68 Å². The Balaban J connectivity index is 2.03. The van der Waals surface area contributed by atoms with Gasteiger partial charge in [-0.05, 0) is 18.6 Å². The molecule has 21 heavy (non-hydrogen) atoms. The molecule has 2 aromatic rings. The highest BCUT2D eigenvalue weighted by atomic mass is 35.5. The summed E-state index contributed by atoms with van der Waals surface area (Å²) in [4.78, 5) is 12.0. The Labute approximate surface area is 128 Å². The Hall–Kier alpha value is -1.85. The van der Waals surface area contributed by atoms with Crippen LogP contribution in [0.5, 0.6) is 0 Å². The van der Waals surface area contributed by atoms with Crippen LogP contribution >= 0.6 is 11.6 Å². The number of hydrogen-bond donors (Lipinski definition) is 2. The molecule has 2 N–H and O–H groups in total. The zero-order chi connectivity index (χ0) is 15.2. The Morgan fingerprint density at radius 1 is 1.48 bits per heavy atom. The third-order valence-corrected chi connectivity index (χ3v) is 3.38. The second-order valence-electron chi connectivity index (χ2n) is 4.78. The van der Waals surface area contributed by atoms with E-state index >= 15 is 0 Å². The number of carbonyl (C=O) groups excluding carboxylic acids is 1. The molecule has 0 radical (unpaired) electrons. The van der Waals surface area contributed by atoms with Crippen LogP contribution in [0.15, 0.2) is 36.7 Å². The van der Waals surface area contributed by atoms with Gasteiger partial charge in [0.05, 0.1) is 28.6 Å². The predicted octanol–water partition coefficient (Wildman–Crippen LogP) is 2.42. The molecule has 1 amide bonds. The lowest BCUT2D eigenvalue weighted by Gasteiger charge is -2.09. The minimum absolute atomic E-state index is 0.240. The second kappa shape index (κ2) is 7.24. The maximum atomic E-state index is 12.0. The molecule has 0 spiro atoms. The lowest BCUT2D eigenvalue weighted by molar-refractivity contribution is 0.0910. The summed E-state index contributed by atoms with van der Waals surface area (Å²) in [7, 11) is 0. The van der Waals surface area contributed by atoms with Gasteiger partial charge in [0, 0.05) is 12.7 Å². The van der Waals surface area contributed by atoms with Crippen molar-refractivity contribution in [1.29, 1.82) is 0 Å². The third-order valence-electron chi connectivity index (χ3n) is 3.06. The molecule has 5 nitrogen and oxygen atoms in total. The molecule has 0 bridgehead atoms. The first-order valence-corrected chi connectivity index (χ1v) is 7.25. The fraction of sp³-hybridized carbons (Fsp3) is 0.333. The normalized spacial score (nSPS) is 12.1. The summed E-state index contributed by atoms with van der Waals surface area (Å²) in [5.74, 6) is -0.261. The Kier molecular flexibility index (Phi) is 5.36. The molecule has 2 rings (SSSR count). The van der Waals surface area contributed by atoms with Gasteiger partial charge in [0.25, 0.3) is 5.91 Å². The largest absolute Gasteiger partial charge is 0.391 e. The highest BCUT2D eigenvalue weighted by Crippen LogP contribution is 2.19. The van der Waals surface area contributed by atoms with Crippen molar-refractivity contribution in [3.63, 3.8) is 0 Å². The molecule has 0 aliphatic rings. The second-order valence-corrected chi connectivity index (χ2v) is 5.18. The van der Waals surface area contributed by atoms with E-state index in [2.05, 4.69) is 10.4 Å². The molecule has 112 valence electrons. The Bertz CT molecular complexity index is 612. The number of halogens is 1. The van der Waals surface area contributed by atoms with Gasteiger partial charge in [0.15, 0.2) is 0 Å². The topological polar surface area (TPSA) is 67.2 Å². The number of hydrogen-bond acceptors (Lipinski definition) is 3. The van der Waals surface area contributed by atoms with E-state index in [0.29, 0.717) is 22.7 Å². The third kappa shape index (κ3) is 4.06. The number of nitrogens with one attached hydrogen (secondary N) is 1. The van der Waals surface area contributed by atoms with Crippen LogP contribution < -0.4 is 5.32 Å². The van der Waals surface area contributed by atoms with Crippen molar-refractivity contribution in [2.75, 3.05) is 6.54 Å². The van der Waals surface area contributed by atoms with E-state index in [9.17, 15) is 9.90 Å². The summed E-state index contributed by atoms with van der Waals surface area (Å²) < 4.78 is 1.56. The summed E-state index contributed by atoms with van der Waals surface area (Å²) in [5.41, 5.74) is 1.14. The number of nitrogens with zero attached hydrogens (tertiary/aromatic N) is 2. The fourth-order valence-electron chi connectivity index (χ4n) is 1.96. The van der Waals surface area contributed by atoms with Crippen LogP contribution in [-0.2, 0) is 0 Å². The molecule has 1 atom stereocenters. The fourth-order valence-corrected chi connectivity index (χ4v) is 2.18. The number of benzene rings is 1. The van der Waals surface area contributed by atoms with E-state index in [0.717, 1.165) is 6.42 Å². The van der Waals surface area contributed by atoms with E-state index in [1.54, 1.807) is 16.9 Å². The van der Waals surface area contributed by atoms with Crippen molar-refractivity contribution >= 4 is 17.5 Å². The van der Waals surface area contributed by atoms with E-state index in [4.69, 9.17) is 11.6 Å². The first kappa shape index (κ1) is 15.5. The summed E-state index contributed by atoms with van der Waals surface area (Å²) >= 11 is 6.09. The number of aromatic nitrogens is 2. The quantitative estimate of drug-likeness (QED) is 0.861. The van der Waals surface area contributed by atoms with Gasteiger partial charge in [-0.1, -0.05) is 37.1 Å².